The number of nitrogens with one attached hydrogen (secondary N) is 1. The van der Waals surface area contributed by atoms with Crippen LogP contribution in [0.3, 0.4) is 0 Å². The zero-order chi connectivity index (χ0) is 16.4. The number of carbonyl (C=O) groups is 1. The number of benzene rings is 1. The lowest BCUT2D eigenvalue weighted by molar-refractivity contribution is -0.174. The van der Waals surface area contributed by atoms with Gasteiger partial charge in [-0.3, -0.25) is 4.79 Å². The van der Waals surface area contributed by atoms with Gasteiger partial charge in [0.1, 0.15) is 6.23 Å². The van der Waals surface area contributed by atoms with E-state index < -0.39 is 34.9 Å². The molecule has 1 aliphatic heterocycles. The van der Waals surface area contributed by atoms with Crippen LogP contribution in [0.1, 0.15) is 0 Å². The van der Waals surface area contributed by atoms with Crippen molar-refractivity contribution in [2.45, 2.75) is 17.3 Å². The number of hydrogen-bond acceptors (Lipinski definition) is 4. The minimum atomic E-state index is -5.03. The quantitative estimate of drug-likeness (QED) is 0.877. The first-order valence-corrected chi connectivity index (χ1v) is 7.70. The summed E-state index contributed by atoms with van der Waals surface area (Å²) in [5.41, 5.74) is 0. The van der Waals surface area contributed by atoms with Crippen LogP contribution in [0.5, 0.6) is 0 Å². The summed E-state index contributed by atoms with van der Waals surface area (Å²) in [6, 6.07) is 7.45. The van der Waals surface area contributed by atoms with E-state index in [9.17, 15) is 26.4 Å². The van der Waals surface area contributed by atoms with E-state index in [1.165, 1.54) is 24.3 Å². The fraction of sp³-hybridized carbons (Fsp3) is 0.417. The third kappa shape index (κ3) is 3.57. The number of rotatable bonds is 4. The average molecular weight is 338 g/mol. The second-order valence-electron chi connectivity index (χ2n) is 4.46. The van der Waals surface area contributed by atoms with Crippen LogP contribution in [0.4, 0.5) is 13.2 Å². The molecule has 22 heavy (non-hydrogen) atoms. The third-order valence-electron chi connectivity index (χ3n) is 2.99. The van der Waals surface area contributed by atoms with E-state index in [-0.39, 0.29) is 18.0 Å². The summed E-state index contributed by atoms with van der Waals surface area (Å²) in [7, 11) is -3.90. The molecule has 1 unspecified atom stereocenters. The predicted molar refractivity (Wildman–Crippen MR) is 69.1 cm³/mol. The molecule has 10 heteroatoms. The standard InChI is InChI=1S/C12H13F3N2O4S/c13-12(14,15)11(18)16-8-10-17(6-7-21-10)22(19,20)9-4-2-1-3-5-9/h1-5,10H,6-8H2,(H,16,18). The summed E-state index contributed by atoms with van der Waals surface area (Å²) in [5.74, 6) is -2.14. The highest BCUT2D eigenvalue weighted by molar-refractivity contribution is 7.89. The van der Waals surface area contributed by atoms with E-state index in [0.29, 0.717) is 0 Å². The van der Waals surface area contributed by atoms with Crippen molar-refractivity contribution in [1.82, 2.24) is 9.62 Å². The molecule has 1 aromatic carbocycles. The second kappa shape index (κ2) is 6.23. The van der Waals surface area contributed by atoms with Gasteiger partial charge in [-0.25, -0.2) is 8.42 Å². The van der Waals surface area contributed by atoms with Crippen molar-refractivity contribution in [2.24, 2.45) is 0 Å². The van der Waals surface area contributed by atoms with Gasteiger partial charge in [0.05, 0.1) is 18.0 Å². The van der Waals surface area contributed by atoms with E-state index in [2.05, 4.69) is 0 Å². The van der Waals surface area contributed by atoms with Gasteiger partial charge in [0, 0.05) is 6.54 Å². The van der Waals surface area contributed by atoms with Gasteiger partial charge < -0.3 is 10.1 Å². The maximum atomic E-state index is 12.4. The Bertz CT molecular complexity index is 634. The van der Waals surface area contributed by atoms with Gasteiger partial charge in [-0.2, -0.15) is 17.5 Å². The molecular weight excluding hydrogens is 325 g/mol. The van der Waals surface area contributed by atoms with Crippen molar-refractivity contribution in [3.8, 4) is 0 Å². The molecule has 0 saturated carbocycles. The number of sulfonamides is 1. The summed E-state index contributed by atoms with van der Waals surface area (Å²) >= 11 is 0. The highest BCUT2D eigenvalue weighted by Crippen LogP contribution is 2.22. The van der Waals surface area contributed by atoms with Crippen LogP contribution in [-0.4, -0.2) is 50.7 Å². The molecule has 1 fully saturated rings. The molecule has 1 aromatic rings. The third-order valence-corrected chi connectivity index (χ3v) is 4.89. The molecule has 1 amide bonds. The zero-order valence-corrected chi connectivity index (χ0v) is 12.0. The summed E-state index contributed by atoms with van der Waals surface area (Å²) in [6.07, 6.45) is -6.20. The minimum Gasteiger partial charge on any atom is -0.359 e. The van der Waals surface area contributed by atoms with Crippen molar-refractivity contribution in [1.29, 1.82) is 0 Å². The second-order valence-corrected chi connectivity index (χ2v) is 6.35. The van der Waals surface area contributed by atoms with Gasteiger partial charge in [0.15, 0.2) is 0 Å². The molecule has 122 valence electrons. The SMILES string of the molecule is O=C(NCC1OCCN1S(=O)(=O)c1ccccc1)C(F)(F)F. The van der Waals surface area contributed by atoms with Crippen molar-refractivity contribution in [2.75, 3.05) is 19.7 Å². The summed E-state index contributed by atoms with van der Waals surface area (Å²) in [4.78, 5) is 10.8. The molecule has 1 N–H and O–H groups in total. The molecule has 1 atom stereocenters. The molecule has 0 aliphatic carbocycles. The van der Waals surface area contributed by atoms with Crippen LogP contribution in [0.2, 0.25) is 0 Å². The van der Waals surface area contributed by atoms with Gasteiger partial charge in [0.25, 0.3) is 0 Å². The Morgan fingerprint density at radius 2 is 1.95 bits per heavy atom. The lowest BCUT2D eigenvalue weighted by Gasteiger charge is -2.23. The molecule has 0 bridgehead atoms. The van der Waals surface area contributed by atoms with Crippen LogP contribution < -0.4 is 5.32 Å². The van der Waals surface area contributed by atoms with Crippen LogP contribution >= 0.6 is 0 Å². The Morgan fingerprint density at radius 3 is 2.55 bits per heavy atom. The number of alkyl halides is 3. The number of carbonyl (C=O) groups excluding carboxylic acids is 1. The molecule has 1 saturated heterocycles. The van der Waals surface area contributed by atoms with E-state index in [1.54, 1.807) is 11.4 Å². The highest BCUT2D eigenvalue weighted by Gasteiger charge is 2.41. The molecule has 0 radical (unpaired) electrons. The van der Waals surface area contributed by atoms with Gasteiger partial charge in [-0.05, 0) is 12.1 Å². The monoisotopic (exact) mass is 338 g/mol. The van der Waals surface area contributed by atoms with Crippen molar-refractivity contribution in [3.63, 3.8) is 0 Å². The van der Waals surface area contributed by atoms with E-state index in [4.69, 9.17) is 4.74 Å². The van der Waals surface area contributed by atoms with E-state index in [0.717, 1.165) is 4.31 Å². The Kier molecular flexibility index (Phi) is 4.73. The topological polar surface area (TPSA) is 75.7 Å². The van der Waals surface area contributed by atoms with Gasteiger partial charge in [0.2, 0.25) is 10.0 Å². The predicted octanol–water partition coefficient (Wildman–Crippen LogP) is 0.712. The molecule has 6 nitrogen and oxygen atoms in total. The van der Waals surface area contributed by atoms with Crippen LogP contribution in [0.15, 0.2) is 35.2 Å². The maximum absolute atomic E-state index is 12.4. The lowest BCUT2D eigenvalue weighted by atomic mass is 10.4. The Morgan fingerprint density at radius 1 is 1.32 bits per heavy atom. The first-order chi connectivity index (χ1) is 10.2. The van der Waals surface area contributed by atoms with Crippen molar-refractivity contribution < 1.29 is 31.1 Å². The number of amides is 1. The molecule has 1 heterocycles. The minimum absolute atomic E-state index is 0.00375. The first-order valence-electron chi connectivity index (χ1n) is 6.26. The zero-order valence-electron chi connectivity index (χ0n) is 11.2. The van der Waals surface area contributed by atoms with Crippen molar-refractivity contribution >= 4 is 15.9 Å². The fourth-order valence-electron chi connectivity index (χ4n) is 1.95. The summed E-state index contributed by atoms with van der Waals surface area (Å²) in [5, 5.41) is 1.62. The lowest BCUT2D eigenvalue weighted by Crippen LogP contribution is -2.46. The van der Waals surface area contributed by atoms with Gasteiger partial charge in [-0.15, -0.1) is 0 Å². The molecule has 0 spiro atoms. The first kappa shape index (κ1) is 16.7. The normalized spacial score (nSPS) is 20.0. The molecule has 0 aromatic heterocycles. The van der Waals surface area contributed by atoms with Crippen LogP contribution in [-0.2, 0) is 19.6 Å². The van der Waals surface area contributed by atoms with Gasteiger partial charge in [-0.1, -0.05) is 18.2 Å². The summed E-state index contributed by atoms with van der Waals surface area (Å²) < 4.78 is 67.2. The molecule has 2 rings (SSSR count). The molecular formula is C12H13F3N2O4S. The van der Waals surface area contributed by atoms with E-state index in [1.807, 2.05) is 0 Å². The number of halogens is 3. The Balaban J connectivity index is 2.10. The summed E-state index contributed by atoms with van der Waals surface area (Å²) in [6.45, 7) is -0.535. The average Bonchev–Trinajstić information content (AvgIpc) is 2.93. The van der Waals surface area contributed by atoms with Crippen LogP contribution in [0, 0.1) is 0 Å². The highest BCUT2D eigenvalue weighted by atomic mass is 32.2. The largest absolute Gasteiger partial charge is 0.471 e. The van der Waals surface area contributed by atoms with Crippen LogP contribution in [0.25, 0.3) is 0 Å². The Hall–Kier alpha value is -1.65. The Labute approximate surface area is 124 Å². The number of hydrogen-bond donors (Lipinski definition) is 1. The van der Waals surface area contributed by atoms with Gasteiger partial charge >= 0.3 is 12.1 Å². The number of ether oxygens (including phenoxy) is 1. The van der Waals surface area contributed by atoms with Crippen molar-refractivity contribution in [3.05, 3.63) is 30.3 Å². The smallest absolute Gasteiger partial charge is 0.359 e. The molecule has 1 aliphatic rings. The fourth-order valence-corrected chi connectivity index (χ4v) is 3.48. The number of nitrogens with zero attached hydrogens (tertiary/aromatic N) is 1. The maximum Gasteiger partial charge on any atom is 0.471 e. The van der Waals surface area contributed by atoms with E-state index >= 15 is 0 Å².